The van der Waals surface area contributed by atoms with Gasteiger partial charge in [-0.25, -0.2) is 4.98 Å². The minimum atomic E-state index is 0.0962. The van der Waals surface area contributed by atoms with Crippen LogP contribution in [0.4, 0.5) is 5.69 Å². The zero-order chi connectivity index (χ0) is 18.3. The standard InChI is InChI=1S/C21H24N4O/c1-15-5-4-6-19(17(15)3)23-9-11-24(12-10-23)21(26)18-7-8-20-22-16(2)13-25(20)14-18/h4-8,13-14H,9-12H2,1-3H3. The molecular weight excluding hydrogens is 324 g/mol. The third kappa shape index (κ3) is 2.94. The smallest absolute Gasteiger partial charge is 0.255 e. The highest BCUT2D eigenvalue weighted by atomic mass is 16.2. The van der Waals surface area contributed by atoms with E-state index in [1.807, 2.05) is 40.8 Å². The Labute approximate surface area is 153 Å². The van der Waals surface area contributed by atoms with Gasteiger partial charge >= 0.3 is 0 Å². The summed E-state index contributed by atoms with van der Waals surface area (Å²) in [6, 6.07) is 10.2. The molecule has 1 aliphatic rings. The van der Waals surface area contributed by atoms with Crippen molar-refractivity contribution in [1.82, 2.24) is 14.3 Å². The average molecular weight is 348 g/mol. The van der Waals surface area contributed by atoms with Crippen molar-refractivity contribution in [3.8, 4) is 0 Å². The number of imidazole rings is 1. The predicted molar refractivity (Wildman–Crippen MR) is 104 cm³/mol. The Kier molecular flexibility index (Phi) is 4.15. The Morgan fingerprint density at radius 2 is 1.73 bits per heavy atom. The van der Waals surface area contributed by atoms with E-state index in [0.717, 1.165) is 43.1 Å². The molecule has 1 fully saturated rings. The van der Waals surface area contributed by atoms with Gasteiger partial charge < -0.3 is 14.2 Å². The Hall–Kier alpha value is -2.82. The predicted octanol–water partition coefficient (Wildman–Crippen LogP) is 3.22. The summed E-state index contributed by atoms with van der Waals surface area (Å²) in [5.74, 6) is 0.0962. The molecule has 5 nitrogen and oxygen atoms in total. The number of aryl methyl sites for hydroxylation is 2. The highest BCUT2D eigenvalue weighted by molar-refractivity contribution is 5.94. The molecule has 0 spiro atoms. The summed E-state index contributed by atoms with van der Waals surface area (Å²) < 4.78 is 1.93. The van der Waals surface area contributed by atoms with Crippen molar-refractivity contribution >= 4 is 17.2 Å². The van der Waals surface area contributed by atoms with Gasteiger partial charge in [0.05, 0.1) is 11.3 Å². The van der Waals surface area contributed by atoms with E-state index in [1.54, 1.807) is 0 Å². The number of rotatable bonds is 2. The molecule has 1 amide bonds. The molecule has 5 heteroatoms. The second-order valence-corrected chi connectivity index (χ2v) is 7.06. The fourth-order valence-corrected chi connectivity index (χ4v) is 3.66. The number of amides is 1. The number of nitrogens with zero attached hydrogens (tertiary/aromatic N) is 4. The van der Waals surface area contributed by atoms with Crippen LogP contribution in [0.3, 0.4) is 0 Å². The van der Waals surface area contributed by atoms with Gasteiger partial charge in [-0.1, -0.05) is 12.1 Å². The van der Waals surface area contributed by atoms with Gasteiger partial charge in [0.2, 0.25) is 0 Å². The molecule has 2 aromatic heterocycles. The lowest BCUT2D eigenvalue weighted by Crippen LogP contribution is -2.49. The number of hydrogen-bond acceptors (Lipinski definition) is 3. The molecule has 1 saturated heterocycles. The lowest BCUT2D eigenvalue weighted by atomic mass is 10.1. The molecule has 1 aliphatic heterocycles. The molecular formula is C21H24N4O. The maximum Gasteiger partial charge on any atom is 0.255 e. The normalized spacial score (nSPS) is 14.9. The van der Waals surface area contributed by atoms with Gasteiger partial charge in [0.15, 0.2) is 0 Å². The first-order valence-electron chi connectivity index (χ1n) is 9.09. The van der Waals surface area contributed by atoms with Crippen LogP contribution in [-0.4, -0.2) is 46.4 Å². The number of hydrogen-bond donors (Lipinski definition) is 0. The average Bonchev–Trinajstić information content (AvgIpc) is 3.03. The third-order valence-corrected chi connectivity index (χ3v) is 5.30. The molecule has 0 radical (unpaired) electrons. The first kappa shape index (κ1) is 16.6. The minimum absolute atomic E-state index is 0.0962. The lowest BCUT2D eigenvalue weighted by Gasteiger charge is -2.37. The fraction of sp³-hybridized carbons (Fsp3) is 0.333. The van der Waals surface area contributed by atoms with Crippen molar-refractivity contribution < 1.29 is 4.79 Å². The summed E-state index contributed by atoms with van der Waals surface area (Å²) in [6.45, 7) is 9.49. The zero-order valence-corrected chi connectivity index (χ0v) is 15.6. The largest absolute Gasteiger partial charge is 0.368 e. The van der Waals surface area contributed by atoms with Crippen LogP contribution in [0, 0.1) is 20.8 Å². The molecule has 4 rings (SSSR count). The number of aromatic nitrogens is 2. The van der Waals surface area contributed by atoms with E-state index in [1.165, 1.54) is 16.8 Å². The van der Waals surface area contributed by atoms with Crippen LogP contribution in [-0.2, 0) is 0 Å². The monoisotopic (exact) mass is 348 g/mol. The van der Waals surface area contributed by atoms with Crippen molar-refractivity contribution in [1.29, 1.82) is 0 Å². The molecule has 0 atom stereocenters. The molecule has 0 N–H and O–H groups in total. The van der Waals surface area contributed by atoms with Crippen molar-refractivity contribution in [2.75, 3.05) is 31.1 Å². The number of anilines is 1. The Bertz CT molecular complexity index is 967. The van der Waals surface area contributed by atoms with Gasteiger partial charge in [0.1, 0.15) is 5.65 Å². The van der Waals surface area contributed by atoms with E-state index < -0.39 is 0 Å². The second kappa shape index (κ2) is 6.48. The lowest BCUT2D eigenvalue weighted by molar-refractivity contribution is 0.0746. The molecule has 3 heterocycles. The van der Waals surface area contributed by atoms with E-state index in [2.05, 4.69) is 41.9 Å². The molecule has 3 aromatic rings. The summed E-state index contributed by atoms with van der Waals surface area (Å²) in [6.07, 6.45) is 3.83. The Morgan fingerprint density at radius 1 is 0.962 bits per heavy atom. The van der Waals surface area contributed by atoms with Crippen LogP contribution >= 0.6 is 0 Å². The topological polar surface area (TPSA) is 40.9 Å². The van der Waals surface area contributed by atoms with E-state index in [0.29, 0.717) is 0 Å². The van der Waals surface area contributed by atoms with Crippen LogP contribution < -0.4 is 4.90 Å². The van der Waals surface area contributed by atoms with Crippen molar-refractivity contribution in [2.45, 2.75) is 20.8 Å². The summed E-state index contributed by atoms with van der Waals surface area (Å²) in [4.78, 5) is 21.6. The zero-order valence-electron chi connectivity index (χ0n) is 15.6. The molecule has 26 heavy (non-hydrogen) atoms. The van der Waals surface area contributed by atoms with E-state index in [4.69, 9.17) is 0 Å². The first-order chi connectivity index (χ1) is 12.5. The summed E-state index contributed by atoms with van der Waals surface area (Å²) in [5, 5.41) is 0. The molecule has 0 bridgehead atoms. The Balaban J connectivity index is 1.48. The molecule has 0 aliphatic carbocycles. The molecule has 0 unspecified atom stereocenters. The van der Waals surface area contributed by atoms with E-state index >= 15 is 0 Å². The maximum absolute atomic E-state index is 12.9. The van der Waals surface area contributed by atoms with E-state index in [9.17, 15) is 4.79 Å². The van der Waals surface area contributed by atoms with Crippen LogP contribution in [0.2, 0.25) is 0 Å². The van der Waals surface area contributed by atoms with Crippen LogP contribution in [0.25, 0.3) is 5.65 Å². The van der Waals surface area contributed by atoms with Crippen LogP contribution in [0.5, 0.6) is 0 Å². The second-order valence-electron chi connectivity index (χ2n) is 7.06. The summed E-state index contributed by atoms with van der Waals surface area (Å²) >= 11 is 0. The van der Waals surface area contributed by atoms with Gasteiger partial charge in [0, 0.05) is 44.3 Å². The highest BCUT2D eigenvalue weighted by Crippen LogP contribution is 2.24. The Morgan fingerprint density at radius 3 is 2.50 bits per heavy atom. The maximum atomic E-state index is 12.9. The SMILES string of the molecule is Cc1cn2cc(C(=O)N3CCN(c4cccc(C)c4C)CC3)ccc2n1. The van der Waals surface area contributed by atoms with Gasteiger partial charge in [0.25, 0.3) is 5.91 Å². The van der Waals surface area contributed by atoms with Crippen molar-refractivity contribution in [2.24, 2.45) is 0 Å². The third-order valence-electron chi connectivity index (χ3n) is 5.30. The van der Waals surface area contributed by atoms with Gasteiger partial charge in [-0.05, 0) is 50.1 Å². The highest BCUT2D eigenvalue weighted by Gasteiger charge is 2.23. The number of piperazine rings is 1. The number of pyridine rings is 1. The molecule has 1 aromatic carbocycles. The van der Waals surface area contributed by atoms with Gasteiger partial charge in [-0.2, -0.15) is 0 Å². The van der Waals surface area contributed by atoms with Crippen LogP contribution in [0.15, 0.2) is 42.7 Å². The minimum Gasteiger partial charge on any atom is -0.368 e. The van der Waals surface area contributed by atoms with Gasteiger partial charge in [-0.15, -0.1) is 0 Å². The van der Waals surface area contributed by atoms with Gasteiger partial charge in [-0.3, -0.25) is 4.79 Å². The quantitative estimate of drug-likeness (QED) is 0.714. The molecule has 0 saturated carbocycles. The van der Waals surface area contributed by atoms with Crippen molar-refractivity contribution in [3.63, 3.8) is 0 Å². The van der Waals surface area contributed by atoms with E-state index in [-0.39, 0.29) is 5.91 Å². The summed E-state index contributed by atoms with van der Waals surface area (Å²) in [7, 11) is 0. The number of carbonyl (C=O) groups excluding carboxylic acids is 1. The number of fused-ring (bicyclic) bond motifs is 1. The first-order valence-corrected chi connectivity index (χ1v) is 9.09. The van der Waals surface area contributed by atoms with Crippen LogP contribution in [0.1, 0.15) is 27.2 Å². The number of carbonyl (C=O) groups is 1. The summed E-state index contributed by atoms with van der Waals surface area (Å²) in [5.41, 5.74) is 6.47. The number of benzene rings is 1. The fourth-order valence-electron chi connectivity index (χ4n) is 3.66. The van der Waals surface area contributed by atoms with Crippen molar-refractivity contribution in [3.05, 3.63) is 65.1 Å². The molecule has 134 valence electrons.